The molecule has 70 valence electrons. The molecule has 0 saturated carbocycles. The van der Waals surface area contributed by atoms with E-state index in [1.165, 1.54) is 10.4 Å². The first-order valence-electron chi connectivity index (χ1n) is 4.47. The van der Waals surface area contributed by atoms with Gasteiger partial charge in [-0.15, -0.1) is 11.3 Å². The van der Waals surface area contributed by atoms with Crippen LogP contribution in [0.3, 0.4) is 0 Å². The van der Waals surface area contributed by atoms with Crippen molar-refractivity contribution in [3.05, 3.63) is 21.9 Å². The summed E-state index contributed by atoms with van der Waals surface area (Å²) in [5, 5.41) is 2.08. The Balaban J connectivity index is 2.41. The lowest BCUT2D eigenvalue weighted by Crippen LogP contribution is -2.35. The fourth-order valence-electron chi connectivity index (χ4n) is 1.97. The van der Waals surface area contributed by atoms with Crippen LogP contribution in [0.2, 0.25) is 0 Å². The summed E-state index contributed by atoms with van der Waals surface area (Å²) in [6, 6.07) is 2.09. The third kappa shape index (κ3) is 1.42. The lowest BCUT2D eigenvalue weighted by atomic mass is 9.98. The van der Waals surface area contributed by atoms with Crippen LogP contribution in [0, 0.1) is 0 Å². The van der Waals surface area contributed by atoms with Gasteiger partial charge in [-0.2, -0.15) is 0 Å². The summed E-state index contributed by atoms with van der Waals surface area (Å²) in [5.74, 6) is 0.252. The first-order chi connectivity index (χ1) is 6.20. The summed E-state index contributed by atoms with van der Waals surface area (Å²) in [6.07, 6.45) is 1.09. The average Bonchev–Trinajstić information content (AvgIpc) is 2.50. The van der Waals surface area contributed by atoms with Gasteiger partial charge in [-0.25, -0.2) is 0 Å². The molecule has 0 fully saturated rings. The van der Waals surface area contributed by atoms with Crippen molar-refractivity contribution in [1.29, 1.82) is 0 Å². The third-order valence-corrected chi connectivity index (χ3v) is 3.59. The van der Waals surface area contributed by atoms with Gasteiger partial charge in [0, 0.05) is 11.4 Å². The average molecular weight is 195 g/mol. The number of ketones is 1. The molecule has 0 bridgehead atoms. The summed E-state index contributed by atoms with van der Waals surface area (Å²) < 4.78 is 0. The van der Waals surface area contributed by atoms with E-state index in [4.69, 9.17) is 0 Å². The van der Waals surface area contributed by atoms with Crippen LogP contribution < -0.4 is 0 Å². The van der Waals surface area contributed by atoms with E-state index in [9.17, 15) is 4.79 Å². The maximum absolute atomic E-state index is 11.4. The highest BCUT2D eigenvalue weighted by Crippen LogP contribution is 2.32. The normalized spacial score (nSPS) is 22.8. The minimum absolute atomic E-state index is 0.00926. The molecule has 3 heteroatoms. The minimum atomic E-state index is 0.00926. The Labute approximate surface area is 82.2 Å². The molecule has 2 heterocycles. The molecule has 0 amide bonds. The van der Waals surface area contributed by atoms with Crippen molar-refractivity contribution in [3.8, 4) is 0 Å². The van der Waals surface area contributed by atoms with Crippen molar-refractivity contribution in [2.45, 2.75) is 19.4 Å². The largest absolute Gasteiger partial charge is 0.298 e. The number of hydrogen-bond donors (Lipinski definition) is 0. The second-order valence-electron chi connectivity index (χ2n) is 3.54. The van der Waals surface area contributed by atoms with Gasteiger partial charge >= 0.3 is 0 Å². The molecular weight excluding hydrogens is 182 g/mol. The fourth-order valence-corrected chi connectivity index (χ4v) is 2.87. The first kappa shape index (κ1) is 8.91. The number of hydrogen-bond acceptors (Lipinski definition) is 3. The number of rotatable bonds is 1. The minimum Gasteiger partial charge on any atom is -0.298 e. The summed E-state index contributed by atoms with van der Waals surface area (Å²) in [5.41, 5.74) is 1.23. The van der Waals surface area contributed by atoms with Crippen LogP contribution in [0.15, 0.2) is 11.4 Å². The number of thiophene rings is 1. The molecule has 1 atom stereocenters. The van der Waals surface area contributed by atoms with Crippen LogP contribution in [-0.2, 0) is 11.2 Å². The molecule has 0 aromatic carbocycles. The number of nitrogens with zero attached hydrogens (tertiary/aromatic N) is 1. The zero-order valence-electron chi connectivity index (χ0n) is 7.91. The van der Waals surface area contributed by atoms with E-state index >= 15 is 0 Å². The van der Waals surface area contributed by atoms with E-state index in [-0.39, 0.29) is 11.8 Å². The summed E-state index contributed by atoms with van der Waals surface area (Å²) in [6.45, 7) is 2.67. The highest BCUT2D eigenvalue weighted by atomic mass is 32.1. The Hall–Kier alpha value is -0.670. The first-order valence-corrected chi connectivity index (χ1v) is 5.35. The summed E-state index contributed by atoms with van der Waals surface area (Å²) >= 11 is 1.77. The molecule has 2 nitrogen and oxygen atoms in total. The van der Waals surface area contributed by atoms with Crippen molar-refractivity contribution in [1.82, 2.24) is 4.90 Å². The van der Waals surface area contributed by atoms with E-state index in [2.05, 4.69) is 16.3 Å². The lowest BCUT2D eigenvalue weighted by Gasteiger charge is -2.30. The number of likely N-dealkylation sites (N-methyl/N-ethyl adjacent to an activating group) is 1. The van der Waals surface area contributed by atoms with Gasteiger partial charge in [-0.05, 0) is 37.4 Å². The Morgan fingerprint density at radius 2 is 2.46 bits per heavy atom. The van der Waals surface area contributed by atoms with Gasteiger partial charge in [-0.3, -0.25) is 9.69 Å². The molecule has 1 aliphatic heterocycles. The standard InChI is InChI=1S/C10H13NOS/c1-7(12)10-8-4-6-13-9(8)3-5-11(10)2/h4,6,10H,3,5H2,1-2H3. The molecule has 0 aliphatic carbocycles. The van der Waals surface area contributed by atoms with Crippen molar-refractivity contribution < 1.29 is 4.79 Å². The molecule has 1 aromatic heterocycles. The molecule has 0 N–H and O–H groups in total. The Kier molecular flexibility index (Phi) is 2.22. The number of carbonyl (C=O) groups is 1. The van der Waals surface area contributed by atoms with Crippen molar-refractivity contribution in [2.24, 2.45) is 0 Å². The third-order valence-electron chi connectivity index (χ3n) is 2.59. The monoisotopic (exact) mass is 195 g/mol. The molecule has 0 spiro atoms. The SMILES string of the molecule is CC(=O)C1c2ccsc2CCN1C. The molecule has 1 unspecified atom stereocenters. The predicted octanol–water partition coefficient (Wildman–Crippen LogP) is 1.87. The van der Waals surface area contributed by atoms with E-state index in [0.717, 1.165) is 13.0 Å². The predicted molar refractivity (Wildman–Crippen MR) is 54.1 cm³/mol. The molecule has 1 aromatic rings. The van der Waals surface area contributed by atoms with Gasteiger partial charge in [0.15, 0.2) is 5.78 Å². The molecule has 1 aliphatic rings. The topological polar surface area (TPSA) is 20.3 Å². The number of fused-ring (bicyclic) bond motifs is 1. The maximum atomic E-state index is 11.4. The smallest absolute Gasteiger partial charge is 0.151 e. The van der Waals surface area contributed by atoms with Crippen LogP contribution in [0.1, 0.15) is 23.4 Å². The molecule has 0 radical (unpaired) electrons. The highest BCUT2D eigenvalue weighted by molar-refractivity contribution is 7.10. The van der Waals surface area contributed by atoms with Gasteiger partial charge in [0.25, 0.3) is 0 Å². The zero-order valence-corrected chi connectivity index (χ0v) is 8.73. The zero-order chi connectivity index (χ0) is 9.42. The van der Waals surface area contributed by atoms with Crippen LogP contribution in [0.5, 0.6) is 0 Å². The van der Waals surface area contributed by atoms with Crippen LogP contribution in [0.4, 0.5) is 0 Å². The fraction of sp³-hybridized carbons (Fsp3) is 0.500. The second kappa shape index (κ2) is 3.24. The highest BCUT2D eigenvalue weighted by Gasteiger charge is 2.28. The van der Waals surface area contributed by atoms with E-state index in [0.29, 0.717) is 0 Å². The van der Waals surface area contributed by atoms with Crippen LogP contribution in [0.25, 0.3) is 0 Å². The van der Waals surface area contributed by atoms with Gasteiger partial charge in [-0.1, -0.05) is 0 Å². The molecule has 13 heavy (non-hydrogen) atoms. The van der Waals surface area contributed by atoms with Gasteiger partial charge in [0.05, 0.1) is 6.04 Å². The Bertz CT molecular complexity index is 331. The van der Waals surface area contributed by atoms with E-state index in [1.807, 2.05) is 7.05 Å². The van der Waals surface area contributed by atoms with Crippen molar-refractivity contribution in [2.75, 3.05) is 13.6 Å². The van der Waals surface area contributed by atoms with Gasteiger partial charge in [0.2, 0.25) is 0 Å². The van der Waals surface area contributed by atoms with Gasteiger partial charge < -0.3 is 0 Å². The molecule has 2 rings (SSSR count). The maximum Gasteiger partial charge on any atom is 0.151 e. The molecular formula is C10H13NOS. The second-order valence-corrected chi connectivity index (χ2v) is 4.54. The van der Waals surface area contributed by atoms with Crippen LogP contribution in [-0.4, -0.2) is 24.3 Å². The summed E-state index contributed by atoms with van der Waals surface area (Å²) in [4.78, 5) is 15.0. The quantitative estimate of drug-likeness (QED) is 0.682. The number of Topliss-reactive ketones (excluding diaryl/α,β-unsaturated/α-hetero) is 1. The molecule has 0 saturated heterocycles. The van der Waals surface area contributed by atoms with Crippen molar-refractivity contribution >= 4 is 17.1 Å². The number of carbonyl (C=O) groups excluding carboxylic acids is 1. The Morgan fingerprint density at radius 3 is 3.15 bits per heavy atom. The van der Waals surface area contributed by atoms with Crippen LogP contribution >= 0.6 is 11.3 Å². The summed E-state index contributed by atoms with van der Waals surface area (Å²) in [7, 11) is 2.02. The lowest BCUT2D eigenvalue weighted by molar-refractivity contribution is -0.122. The Morgan fingerprint density at radius 1 is 1.69 bits per heavy atom. The van der Waals surface area contributed by atoms with Crippen molar-refractivity contribution in [3.63, 3.8) is 0 Å². The van der Waals surface area contributed by atoms with Gasteiger partial charge in [0.1, 0.15) is 0 Å². The van der Waals surface area contributed by atoms with E-state index in [1.54, 1.807) is 18.3 Å². The van der Waals surface area contributed by atoms with E-state index < -0.39 is 0 Å².